The van der Waals surface area contributed by atoms with E-state index >= 15 is 0 Å². The maximum absolute atomic E-state index is 11.3. The average molecular weight is 220 g/mol. The molecule has 0 unspecified atom stereocenters. The first-order valence-corrected chi connectivity index (χ1v) is 4.50. The first-order chi connectivity index (χ1) is 7.66. The molecule has 7 heteroatoms. The molecule has 0 aliphatic carbocycles. The Morgan fingerprint density at radius 2 is 1.81 bits per heavy atom. The molecule has 2 aromatic rings. The molecule has 2 aromatic heterocycles. The smallest absolute Gasteiger partial charge is 0.259 e. The SMILES string of the molecule is O=c1[nH]c(=O)n(Cc2ccccn2)c(=O)[nH]1. The molecule has 7 nitrogen and oxygen atoms in total. The van der Waals surface area contributed by atoms with Gasteiger partial charge < -0.3 is 0 Å². The van der Waals surface area contributed by atoms with Crippen LogP contribution < -0.4 is 17.1 Å². The molecule has 0 atom stereocenters. The van der Waals surface area contributed by atoms with E-state index in [2.05, 4.69) is 4.98 Å². The summed E-state index contributed by atoms with van der Waals surface area (Å²) in [5, 5.41) is 0. The fourth-order valence-electron chi connectivity index (χ4n) is 1.25. The second-order valence-electron chi connectivity index (χ2n) is 3.10. The van der Waals surface area contributed by atoms with Gasteiger partial charge in [0, 0.05) is 6.20 Å². The van der Waals surface area contributed by atoms with Gasteiger partial charge in [0.15, 0.2) is 0 Å². The standard InChI is InChI=1S/C9H8N4O3/c14-7-11-8(15)13(9(16)12-7)5-6-3-1-2-4-10-6/h1-4H,5H2,(H2,11,12,14,15,16). The van der Waals surface area contributed by atoms with Gasteiger partial charge in [0.1, 0.15) is 0 Å². The summed E-state index contributed by atoms with van der Waals surface area (Å²) in [5.41, 5.74) is -1.76. The lowest BCUT2D eigenvalue weighted by Gasteiger charge is -2.01. The van der Waals surface area contributed by atoms with Crippen LogP contribution in [0.1, 0.15) is 5.69 Å². The summed E-state index contributed by atoms with van der Waals surface area (Å²) in [5.74, 6) is 0. The molecule has 0 aromatic carbocycles. The summed E-state index contributed by atoms with van der Waals surface area (Å²) in [7, 11) is 0. The van der Waals surface area contributed by atoms with Gasteiger partial charge in [-0.25, -0.2) is 19.0 Å². The third-order valence-electron chi connectivity index (χ3n) is 1.98. The van der Waals surface area contributed by atoms with Crippen LogP contribution in [0.15, 0.2) is 38.8 Å². The number of pyridine rings is 1. The highest BCUT2D eigenvalue weighted by molar-refractivity contribution is 5.03. The Morgan fingerprint density at radius 1 is 1.12 bits per heavy atom. The van der Waals surface area contributed by atoms with Crippen molar-refractivity contribution in [2.45, 2.75) is 6.54 Å². The van der Waals surface area contributed by atoms with E-state index in [0.717, 1.165) is 4.57 Å². The molecule has 16 heavy (non-hydrogen) atoms. The zero-order chi connectivity index (χ0) is 11.5. The van der Waals surface area contributed by atoms with Crippen LogP contribution >= 0.6 is 0 Å². The Balaban J connectivity index is 2.48. The summed E-state index contributed by atoms with van der Waals surface area (Å²) in [6, 6.07) is 5.15. The highest BCUT2D eigenvalue weighted by Gasteiger charge is 2.03. The van der Waals surface area contributed by atoms with Crippen molar-refractivity contribution in [1.82, 2.24) is 19.5 Å². The summed E-state index contributed by atoms with van der Waals surface area (Å²) >= 11 is 0. The van der Waals surface area contributed by atoms with E-state index in [1.54, 1.807) is 24.4 Å². The highest BCUT2D eigenvalue weighted by Crippen LogP contribution is 1.92. The van der Waals surface area contributed by atoms with Gasteiger partial charge in [0.2, 0.25) is 0 Å². The number of nitrogens with one attached hydrogen (secondary N) is 2. The summed E-state index contributed by atoms with van der Waals surface area (Å²) in [6.45, 7) is 0.0196. The van der Waals surface area contributed by atoms with Crippen molar-refractivity contribution in [3.05, 3.63) is 61.5 Å². The second kappa shape index (κ2) is 3.97. The van der Waals surface area contributed by atoms with E-state index in [1.807, 2.05) is 9.97 Å². The number of rotatable bonds is 2. The molecule has 0 fully saturated rings. The van der Waals surface area contributed by atoms with Crippen molar-refractivity contribution >= 4 is 0 Å². The molecule has 0 radical (unpaired) electrons. The van der Waals surface area contributed by atoms with Crippen molar-refractivity contribution in [2.75, 3.05) is 0 Å². The third kappa shape index (κ3) is 1.97. The number of hydrogen-bond donors (Lipinski definition) is 2. The molecule has 0 amide bonds. The predicted octanol–water partition coefficient (Wildman–Crippen LogP) is -1.33. The van der Waals surface area contributed by atoms with Gasteiger partial charge in [0.05, 0.1) is 12.2 Å². The van der Waals surface area contributed by atoms with Gasteiger partial charge >= 0.3 is 17.1 Å². The maximum atomic E-state index is 11.3. The summed E-state index contributed by atoms with van der Waals surface area (Å²) in [4.78, 5) is 41.3. The Labute approximate surface area is 88.4 Å². The van der Waals surface area contributed by atoms with E-state index in [4.69, 9.17) is 0 Å². The molecule has 2 rings (SSSR count). The Hall–Kier alpha value is -2.44. The van der Waals surface area contributed by atoms with E-state index in [1.165, 1.54) is 0 Å². The van der Waals surface area contributed by atoms with Crippen molar-refractivity contribution in [2.24, 2.45) is 0 Å². The van der Waals surface area contributed by atoms with Crippen molar-refractivity contribution in [3.63, 3.8) is 0 Å². The highest BCUT2D eigenvalue weighted by atomic mass is 16.2. The molecule has 0 aliphatic heterocycles. The second-order valence-corrected chi connectivity index (χ2v) is 3.10. The van der Waals surface area contributed by atoms with Gasteiger partial charge in [-0.1, -0.05) is 6.07 Å². The molecule has 0 bridgehead atoms. The Morgan fingerprint density at radius 3 is 2.38 bits per heavy atom. The number of hydrogen-bond acceptors (Lipinski definition) is 4. The topological polar surface area (TPSA) is 101 Å². The quantitative estimate of drug-likeness (QED) is 0.654. The van der Waals surface area contributed by atoms with Gasteiger partial charge in [0.25, 0.3) is 0 Å². The maximum Gasteiger partial charge on any atom is 0.334 e. The lowest BCUT2D eigenvalue weighted by atomic mass is 10.3. The Bertz CT molecular complexity index is 618. The molecule has 2 heterocycles. The zero-order valence-electron chi connectivity index (χ0n) is 8.14. The number of aromatic nitrogens is 4. The average Bonchev–Trinajstić information content (AvgIpc) is 2.25. The van der Waals surface area contributed by atoms with E-state index in [9.17, 15) is 14.4 Å². The normalized spacial score (nSPS) is 10.2. The Kier molecular flexibility index (Phi) is 2.50. The van der Waals surface area contributed by atoms with Crippen LogP contribution in [0.2, 0.25) is 0 Å². The minimum Gasteiger partial charge on any atom is -0.259 e. The largest absolute Gasteiger partial charge is 0.334 e. The summed E-state index contributed by atoms with van der Waals surface area (Å²) < 4.78 is 0.865. The lowest BCUT2D eigenvalue weighted by Crippen LogP contribution is -2.43. The van der Waals surface area contributed by atoms with Gasteiger partial charge in [-0.15, -0.1) is 0 Å². The van der Waals surface area contributed by atoms with Gasteiger partial charge in [-0.05, 0) is 12.1 Å². The van der Waals surface area contributed by atoms with Crippen LogP contribution in [0, 0.1) is 0 Å². The molecule has 0 saturated carbocycles. The summed E-state index contributed by atoms with van der Waals surface area (Å²) in [6.07, 6.45) is 1.56. The number of nitrogens with zero attached hydrogens (tertiary/aromatic N) is 2. The molecule has 0 saturated heterocycles. The van der Waals surface area contributed by atoms with Gasteiger partial charge in [-0.3, -0.25) is 15.0 Å². The van der Waals surface area contributed by atoms with Gasteiger partial charge in [-0.2, -0.15) is 0 Å². The first-order valence-electron chi connectivity index (χ1n) is 4.50. The van der Waals surface area contributed by atoms with Crippen LogP contribution in [0.3, 0.4) is 0 Å². The molecule has 0 aliphatic rings. The van der Waals surface area contributed by atoms with Crippen molar-refractivity contribution < 1.29 is 0 Å². The van der Waals surface area contributed by atoms with Crippen molar-refractivity contribution in [1.29, 1.82) is 0 Å². The van der Waals surface area contributed by atoms with E-state index in [-0.39, 0.29) is 6.54 Å². The zero-order valence-corrected chi connectivity index (χ0v) is 8.14. The molecule has 82 valence electrons. The van der Waals surface area contributed by atoms with Crippen LogP contribution in [-0.4, -0.2) is 19.5 Å². The fraction of sp³-hybridized carbons (Fsp3) is 0.111. The minimum absolute atomic E-state index is 0.0196. The van der Waals surface area contributed by atoms with Crippen LogP contribution in [0.25, 0.3) is 0 Å². The number of H-pyrrole nitrogens is 2. The van der Waals surface area contributed by atoms with E-state index in [0.29, 0.717) is 5.69 Å². The lowest BCUT2D eigenvalue weighted by molar-refractivity contribution is 0.642. The predicted molar refractivity (Wildman–Crippen MR) is 55.3 cm³/mol. The minimum atomic E-state index is -0.813. The van der Waals surface area contributed by atoms with Crippen molar-refractivity contribution in [3.8, 4) is 0 Å². The number of aromatic amines is 2. The molecular weight excluding hydrogens is 212 g/mol. The van der Waals surface area contributed by atoms with Crippen LogP contribution in [0.5, 0.6) is 0 Å². The van der Waals surface area contributed by atoms with Crippen LogP contribution in [-0.2, 0) is 6.54 Å². The molecular formula is C9H8N4O3. The van der Waals surface area contributed by atoms with Crippen LogP contribution in [0.4, 0.5) is 0 Å². The molecule has 0 spiro atoms. The monoisotopic (exact) mass is 220 g/mol. The third-order valence-corrected chi connectivity index (χ3v) is 1.98. The fourth-order valence-corrected chi connectivity index (χ4v) is 1.25. The first kappa shape index (κ1) is 10.1. The van der Waals surface area contributed by atoms with E-state index < -0.39 is 17.1 Å². The molecule has 2 N–H and O–H groups in total.